The summed E-state index contributed by atoms with van der Waals surface area (Å²) in [4.78, 5) is 5.64. The molecule has 0 aliphatic rings. The van der Waals surface area contributed by atoms with Crippen LogP contribution in [0.3, 0.4) is 0 Å². The molecule has 2 rings (SSSR count). The van der Waals surface area contributed by atoms with E-state index in [2.05, 4.69) is 36.3 Å². The lowest BCUT2D eigenvalue weighted by atomic mass is 10.2. The summed E-state index contributed by atoms with van der Waals surface area (Å²) in [6, 6.07) is 8.09. The fourth-order valence-electron chi connectivity index (χ4n) is 1.66. The fourth-order valence-corrected chi connectivity index (χ4v) is 2.47. The van der Waals surface area contributed by atoms with Gasteiger partial charge >= 0.3 is 0 Å². The van der Waals surface area contributed by atoms with Crippen LogP contribution in [0.1, 0.15) is 28.8 Å². The summed E-state index contributed by atoms with van der Waals surface area (Å²) in [5.41, 5.74) is 1.24. The quantitative estimate of drug-likeness (QED) is 0.786. The van der Waals surface area contributed by atoms with E-state index in [9.17, 15) is 0 Å². The Morgan fingerprint density at radius 2 is 2.05 bits per heavy atom. The molecule has 0 saturated carbocycles. The second-order valence-electron chi connectivity index (χ2n) is 4.50. The smallest absolute Gasteiger partial charge is 0.140 e. The number of ether oxygens (including phenoxy) is 1. The van der Waals surface area contributed by atoms with Crippen molar-refractivity contribution in [2.45, 2.75) is 33.4 Å². The number of rotatable bonds is 7. The summed E-state index contributed by atoms with van der Waals surface area (Å²) in [5.74, 6) is 0.895. The molecule has 0 aliphatic heterocycles. The zero-order valence-electron chi connectivity index (χ0n) is 11.5. The van der Waals surface area contributed by atoms with Gasteiger partial charge in [-0.1, -0.05) is 24.6 Å². The van der Waals surface area contributed by atoms with Gasteiger partial charge in [-0.3, -0.25) is 0 Å². The van der Waals surface area contributed by atoms with Crippen molar-refractivity contribution < 1.29 is 4.74 Å². The Kier molecular flexibility index (Phi) is 5.36. The molecule has 2 aromatic rings. The minimum Gasteiger partial charge on any atom is -0.486 e. The summed E-state index contributed by atoms with van der Waals surface area (Å²) in [7, 11) is 0. The first-order valence-electron chi connectivity index (χ1n) is 6.61. The topological polar surface area (TPSA) is 34.2 Å². The van der Waals surface area contributed by atoms with Gasteiger partial charge in [-0.05, 0) is 32.0 Å². The van der Waals surface area contributed by atoms with Crippen molar-refractivity contribution >= 4 is 11.3 Å². The maximum atomic E-state index is 5.71. The standard InChI is InChI=1S/C15H20N2OS/c1-3-8-16-9-14-10-17-15(19-14)11-18-13-6-4-12(2)5-7-13/h4-7,10,16H,3,8-9,11H2,1-2H3. The van der Waals surface area contributed by atoms with Crippen LogP contribution in [0, 0.1) is 6.92 Å². The van der Waals surface area contributed by atoms with Crippen LogP contribution in [-0.2, 0) is 13.2 Å². The van der Waals surface area contributed by atoms with E-state index in [4.69, 9.17) is 4.74 Å². The second-order valence-corrected chi connectivity index (χ2v) is 5.70. The van der Waals surface area contributed by atoms with Crippen molar-refractivity contribution in [2.24, 2.45) is 0 Å². The first kappa shape index (κ1) is 14.0. The third kappa shape index (κ3) is 4.65. The van der Waals surface area contributed by atoms with Crippen molar-refractivity contribution in [3.63, 3.8) is 0 Å². The number of nitrogens with zero attached hydrogens (tertiary/aromatic N) is 1. The lowest BCUT2D eigenvalue weighted by Crippen LogP contribution is -2.12. The average Bonchev–Trinajstić information content (AvgIpc) is 2.86. The van der Waals surface area contributed by atoms with Gasteiger partial charge in [0, 0.05) is 17.6 Å². The van der Waals surface area contributed by atoms with Gasteiger partial charge in [0.15, 0.2) is 0 Å². The molecule has 3 nitrogen and oxygen atoms in total. The summed E-state index contributed by atoms with van der Waals surface area (Å²) in [6.45, 7) is 6.73. The summed E-state index contributed by atoms with van der Waals surface area (Å²) >= 11 is 1.71. The van der Waals surface area contributed by atoms with Crippen molar-refractivity contribution in [1.82, 2.24) is 10.3 Å². The molecular formula is C15H20N2OS. The van der Waals surface area contributed by atoms with Crippen molar-refractivity contribution in [3.05, 3.63) is 45.9 Å². The van der Waals surface area contributed by atoms with Gasteiger partial charge in [0.05, 0.1) is 0 Å². The van der Waals surface area contributed by atoms with Crippen LogP contribution >= 0.6 is 11.3 Å². The molecule has 1 aromatic carbocycles. The van der Waals surface area contributed by atoms with Gasteiger partial charge in [-0.2, -0.15) is 0 Å². The molecule has 0 radical (unpaired) electrons. The second kappa shape index (κ2) is 7.26. The molecule has 0 amide bonds. The van der Waals surface area contributed by atoms with Crippen LogP contribution in [-0.4, -0.2) is 11.5 Å². The first-order chi connectivity index (χ1) is 9.28. The lowest BCUT2D eigenvalue weighted by molar-refractivity contribution is 0.305. The molecule has 102 valence electrons. The minimum atomic E-state index is 0.543. The van der Waals surface area contributed by atoms with E-state index >= 15 is 0 Å². The van der Waals surface area contributed by atoms with Crippen LogP contribution in [0.5, 0.6) is 5.75 Å². The van der Waals surface area contributed by atoms with E-state index in [1.54, 1.807) is 11.3 Å². The summed E-state index contributed by atoms with van der Waals surface area (Å²) < 4.78 is 5.71. The van der Waals surface area contributed by atoms with Crippen LogP contribution in [0.2, 0.25) is 0 Å². The Balaban J connectivity index is 1.81. The maximum absolute atomic E-state index is 5.71. The highest BCUT2D eigenvalue weighted by Gasteiger charge is 2.02. The fraction of sp³-hybridized carbons (Fsp3) is 0.400. The normalized spacial score (nSPS) is 10.6. The van der Waals surface area contributed by atoms with Gasteiger partial charge in [0.1, 0.15) is 17.4 Å². The van der Waals surface area contributed by atoms with E-state index in [0.717, 1.165) is 30.3 Å². The first-order valence-corrected chi connectivity index (χ1v) is 7.43. The maximum Gasteiger partial charge on any atom is 0.140 e. The zero-order chi connectivity index (χ0) is 13.5. The van der Waals surface area contributed by atoms with Gasteiger partial charge in [0.25, 0.3) is 0 Å². The highest BCUT2D eigenvalue weighted by atomic mass is 32.1. The highest BCUT2D eigenvalue weighted by molar-refractivity contribution is 7.11. The van der Waals surface area contributed by atoms with Crippen LogP contribution in [0.4, 0.5) is 0 Å². The molecule has 0 fully saturated rings. The molecule has 0 spiro atoms. The largest absolute Gasteiger partial charge is 0.486 e. The summed E-state index contributed by atoms with van der Waals surface area (Å²) in [5, 5.41) is 4.40. The number of aromatic nitrogens is 1. The number of hydrogen-bond acceptors (Lipinski definition) is 4. The predicted octanol–water partition coefficient (Wildman–Crippen LogP) is 3.53. The Morgan fingerprint density at radius 3 is 2.79 bits per heavy atom. The van der Waals surface area contributed by atoms with Crippen LogP contribution in [0.25, 0.3) is 0 Å². The van der Waals surface area contributed by atoms with Crippen molar-refractivity contribution in [3.8, 4) is 5.75 Å². The van der Waals surface area contributed by atoms with Gasteiger partial charge in [-0.25, -0.2) is 4.98 Å². The Bertz CT molecular complexity index is 493. The van der Waals surface area contributed by atoms with E-state index in [1.807, 2.05) is 18.3 Å². The van der Waals surface area contributed by atoms with E-state index in [0.29, 0.717) is 6.61 Å². The Morgan fingerprint density at radius 1 is 1.26 bits per heavy atom. The molecule has 4 heteroatoms. The Hall–Kier alpha value is -1.39. The molecular weight excluding hydrogens is 256 g/mol. The van der Waals surface area contributed by atoms with Crippen LogP contribution < -0.4 is 10.1 Å². The molecule has 1 heterocycles. The Labute approximate surface area is 118 Å². The van der Waals surface area contributed by atoms with Gasteiger partial charge < -0.3 is 10.1 Å². The molecule has 1 N–H and O–H groups in total. The summed E-state index contributed by atoms with van der Waals surface area (Å²) in [6.07, 6.45) is 3.09. The van der Waals surface area contributed by atoms with Crippen LogP contribution in [0.15, 0.2) is 30.5 Å². The van der Waals surface area contributed by atoms with E-state index in [-0.39, 0.29) is 0 Å². The lowest BCUT2D eigenvalue weighted by Gasteiger charge is -2.03. The molecule has 0 unspecified atom stereocenters. The van der Waals surface area contributed by atoms with E-state index in [1.165, 1.54) is 10.4 Å². The third-order valence-electron chi connectivity index (χ3n) is 2.71. The molecule has 19 heavy (non-hydrogen) atoms. The van der Waals surface area contributed by atoms with E-state index < -0.39 is 0 Å². The molecule has 0 saturated heterocycles. The van der Waals surface area contributed by atoms with Gasteiger partial charge in [0.2, 0.25) is 0 Å². The molecule has 0 bridgehead atoms. The van der Waals surface area contributed by atoms with Crippen molar-refractivity contribution in [2.75, 3.05) is 6.54 Å². The highest BCUT2D eigenvalue weighted by Crippen LogP contribution is 2.17. The van der Waals surface area contributed by atoms with Gasteiger partial charge in [-0.15, -0.1) is 11.3 Å². The third-order valence-corrected chi connectivity index (χ3v) is 3.68. The number of aryl methyl sites for hydroxylation is 1. The number of thiazole rings is 1. The predicted molar refractivity (Wildman–Crippen MR) is 79.6 cm³/mol. The average molecular weight is 276 g/mol. The SMILES string of the molecule is CCCNCc1cnc(COc2ccc(C)cc2)s1. The minimum absolute atomic E-state index is 0.543. The number of hydrogen-bond donors (Lipinski definition) is 1. The van der Waals surface area contributed by atoms with Crippen molar-refractivity contribution in [1.29, 1.82) is 0 Å². The molecule has 0 atom stereocenters. The monoisotopic (exact) mass is 276 g/mol. The number of benzene rings is 1. The molecule has 1 aromatic heterocycles. The zero-order valence-corrected chi connectivity index (χ0v) is 12.3. The number of nitrogens with one attached hydrogen (secondary N) is 1. The molecule has 0 aliphatic carbocycles.